The molecule has 0 aliphatic rings. The predicted molar refractivity (Wildman–Crippen MR) is 53.3 cm³/mol. The van der Waals surface area contributed by atoms with Gasteiger partial charge in [0.25, 0.3) is 0 Å². The summed E-state index contributed by atoms with van der Waals surface area (Å²) in [5, 5.41) is 13.3. The molecule has 0 bridgehead atoms. The lowest BCUT2D eigenvalue weighted by atomic mass is 9.89. The first kappa shape index (κ1) is 10.8. The van der Waals surface area contributed by atoms with Crippen LogP contribution in [-0.4, -0.2) is 20.9 Å². The zero-order valence-corrected chi connectivity index (χ0v) is 9.03. The molecule has 1 aromatic heterocycles. The summed E-state index contributed by atoms with van der Waals surface area (Å²) >= 11 is 0. The van der Waals surface area contributed by atoms with E-state index in [4.69, 9.17) is 5.11 Å². The van der Waals surface area contributed by atoms with Gasteiger partial charge >= 0.3 is 5.97 Å². The lowest BCUT2D eigenvalue weighted by Gasteiger charge is -2.19. The highest BCUT2D eigenvalue weighted by molar-refractivity contribution is 5.79. The second-order valence-corrected chi connectivity index (χ2v) is 3.92. The number of carbonyl (C=O) groups is 1. The second kappa shape index (κ2) is 3.44. The lowest BCUT2D eigenvalue weighted by Crippen LogP contribution is -2.31. The van der Waals surface area contributed by atoms with Crippen LogP contribution < -0.4 is 0 Å². The third-order valence-corrected chi connectivity index (χ3v) is 2.38. The highest BCUT2D eigenvalue weighted by atomic mass is 16.4. The molecule has 0 unspecified atom stereocenters. The van der Waals surface area contributed by atoms with Crippen molar-refractivity contribution in [2.75, 3.05) is 0 Å². The Bertz CT molecular complexity index is 353. The van der Waals surface area contributed by atoms with Crippen LogP contribution in [0.3, 0.4) is 0 Å². The Morgan fingerprint density at radius 3 is 2.64 bits per heavy atom. The molecule has 0 aromatic carbocycles. The standard InChI is InChI=1S/C10H16N2O2/c1-5-12-8(6-7(2)11-12)10(3,4)9(13)14/h6H,5H2,1-4H3,(H,13,14). The minimum absolute atomic E-state index is 0.694. The van der Waals surface area contributed by atoms with Gasteiger partial charge < -0.3 is 5.11 Å². The van der Waals surface area contributed by atoms with Crippen molar-refractivity contribution in [2.45, 2.75) is 39.7 Å². The summed E-state index contributed by atoms with van der Waals surface area (Å²) in [7, 11) is 0. The van der Waals surface area contributed by atoms with Crippen LogP contribution >= 0.6 is 0 Å². The van der Waals surface area contributed by atoms with Crippen molar-refractivity contribution in [3.63, 3.8) is 0 Å². The van der Waals surface area contributed by atoms with Crippen LogP contribution in [-0.2, 0) is 16.8 Å². The Hall–Kier alpha value is -1.32. The normalized spacial score (nSPS) is 11.7. The fraction of sp³-hybridized carbons (Fsp3) is 0.600. The van der Waals surface area contributed by atoms with Gasteiger partial charge in [-0.2, -0.15) is 5.10 Å². The van der Waals surface area contributed by atoms with Crippen LogP contribution in [0.1, 0.15) is 32.2 Å². The number of hydrogen-bond donors (Lipinski definition) is 1. The van der Waals surface area contributed by atoms with Crippen LogP contribution in [0, 0.1) is 6.92 Å². The Morgan fingerprint density at radius 1 is 1.64 bits per heavy atom. The average molecular weight is 196 g/mol. The Balaban J connectivity index is 3.23. The number of aromatic nitrogens is 2. The Morgan fingerprint density at radius 2 is 2.21 bits per heavy atom. The number of rotatable bonds is 3. The Kier molecular flexibility index (Phi) is 2.64. The molecule has 1 aromatic rings. The van der Waals surface area contributed by atoms with Gasteiger partial charge in [-0.05, 0) is 33.8 Å². The molecular weight excluding hydrogens is 180 g/mol. The zero-order chi connectivity index (χ0) is 10.9. The molecule has 0 atom stereocenters. The largest absolute Gasteiger partial charge is 0.481 e. The first-order valence-electron chi connectivity index (χ1n) is 4.68. The molecule has 0 fully saturated rings. The van der Waals surface area contributed by atoms with Crippen molar-refractivity contribution in [2.24, 2.45) is 0 Å². The van der Waals surface area contributed by atoms with E-state index in [1.165, 1.54) is 0 Å². The third-order valence-electron chi connectivity index (χ3n) is 2.38. The van der Waals surface area contributed by atoms with Crippen molar-refractivity contribution in [3.05, 3.63) is 17.5 Å². The molecule has 0 spiro atoms. The van der Waals surface area contributed by atoms with Gasteiger partial charge in [-0.25, -0.2) is 0 Å². The van der Waals surface area contributed by atoms with E-state index >= 15 is 0 Å². The number of hydrogen-bond acceptors (Lipinski definition) is 2. The van der Waals surface area contributed by atoms with Gasteiger partial charge in [0, 0.05) is 6.54 Å². The maximum Gasteiger partial charge on any atom is 0.315 e. The molecule has 1 heterocycles. The fourth-order valence-corrected chi connectivity index (χ4v) is 1.40. The molecule has 0 radical (unpaired) electrons. The molecule has 0 amide bonds. The molecule has 1 N–H and O–H groups in total. The molecule has 4 heteroatoms. The maximum absolute atomic E-state index is 11.1. The van der Waals surface area contributed by atoms with Crippen molar-refractivity contribution in [3.8, 4) is 0 Å². The number of nitrogens with zero attached hydrogens (tertiary/aromatic N) is 2. The number of carboxylic acid groups (broad SMARTS) is 1. The molecule has 14 heavy (non-hydrogen) atoms. The summed E-state index contributed by atoms with van der Waals surface area (Å²) in [6, 6.07) is 1.83. The van der Waals surface area contributed by atoms with Crippen LogP contribution in [0.25, 0.3) is 0 Å². The summed E-state index contributed by atoms with van der Waals surface area (Å²) in [5.74, 6) is -0.827. The van der Waals surface area contributed by atoms with E-state index in [-0.39, 0.29) is 0 Å². The smallest absolute Gasteiger partial charge is 0.315 e. The van der Waals surface area contributed by atoms with Crippen LogP contribution in [0.5, 0.6) is 0 Å². The van der Waals surface area contributed by atoms with Crippen molar-refractivity contribution >= 4 is 5.97 Å². The third kappa shape index (κ3) is 1.64. The molecule has 0 saturated carbocycles. The van der Waals surface area contributed by atoms with E-state index in [1.807, 2.05) is 19.9 Å². The first-order valence-corrected chi connectivity index (χ1v) is 4.68. The molecular formula is C10H16N2O2. The van der Waals surface area contributed by atoms with Gasteiger partial charge in [0.15, 0.2) is 0 Å². The molecule has 78 valence electrons. The average Bonchev–Trinajstić information content (AvgIpc) is 2.46. The van der Waals surface area contributed by atoms with Gasteiger partial charge in [0.05, 0.1) is 11.4 Å². The van der Waals surface area contributed by atoms with E-state index < -0.39 is 11.4 Å². The summed E-state index contributed by atoms with van der Waals surface area (Å²) in [5.41, 5.74) is 0.734. The monoisotopic (exact) mass is 196 g/mol. The van der Waals surface area contributed by atoms with Crippen LogP contribution in [0.2, 0.25) is 0 Å². The Labute approximate surface area is 83.5 Å². The predicted octanol–water partition coefficient (Wildman–Crippen LogP) is 1.57. The minimum atomic E-state index is -0.878. The maximum atomic E-state index is 11.1. The van der Waals surface area contributed by atoms with E-state index in [0.29, 0.717) is 6.54 Å². The number of carboxylic acids is 1. The van der Waals surface area contributed by atoms with Crippen molar-refractivity contribution < 1.29 is 9.90 Å². The molecule has 0 aliphatic heterocycles. The highest BCUT2D eigenvalue weighted by Crippen LogP contribution is 2.24. The van der Waals surface area contributed by atoms with E-state index in [9.17, 15) is 4.79 Å². The SMILES string of the molecule is CCn1nc(C)cc1C(C)(C)C(=O)O. The van der Waals surface area contributed by atoms with Crippen LogP contribution in [0.15, 0.2) is 6.07 Å². The van der Waals surface area contributed by atoms with Crippen molar-refractivity contribution in [1.29, 1.82) is 0 Å². The van der Waals surface area contributed by atoms with E-state index in [0.717, 1.165) is 11.4 Å². The molecule has 1 rings (SSSR count). The van der Waals surface area contributed by atoms with E-state index in [1.54, 1.807) is 18.5 Å². The molecule has 4 nitrogen and oxygen atoms in total. The fourth-order valence-electron chi connectivity index (χ4n) is 1.40. The number of aryl methyl sites for hydroxylation is 2. The van der Waals surface area contributed by atoms with Gasteiger partial charge in [0.2, 0.25) is 0 Å². The van der Waals surface area contributed by atoms with Gasteiger partial charge in [-0.15, -0.1) is 0 Å². The van der Waals surface area contributed by atoms with Gasteiger partial charge in [-0.1, -0.05) is 0 Å². The summed E-state index contributed by atoms with van der Waals surface area (Å²) in [4.78, 5) is 11.1. The van der Waals surface area contributed by atoms with Gasteiger partial charge in [0.1, 0.15) is 5.41 Å². The van der Waals surface area contributed by atoms with Crippen LogP contribution in [0.4, 0.5) is 0 Å². The molecule has 0 saturated heterocycles. The van der Waals surface area contributed by atoms with E-state index in [2.05, 4.69) is 5.10 Å². The zero-order valence-electron chi connectivity index (χ0n) is 9.03. The topological polar surface area (TPSA) is 55.1 Å². The van der Waals surface area contributed by atoms with Gasteiger partial charge in [-0.3, -0.25) is 9.48 Å². The highest BCUT2D eigenvalue weighted by Gasteiger charge is 2.33. The summed E-state index contributed by atoms with van der Waals surface area (Å²) in [6.45, 7) is 7.90. The summed E-state index contributed by atoms with van der Waals surface area (Å²) in [6.07, 6.45) is 0. The lowest BCUT2D eigenvalue weighted by molar-refractivity contribution is -0.142. The van der Waals surface area contributed by atoms with Crippen molar-refractivity contribution in [1.82, 2.24) is 9.78 Å². The summed E-state index contributed by atoms with van der Waals surface area (Å²) < 4.78 is 1.74. The molecule has 0 aliphatic carbocycles. The second-order valence-electron chi connectivity index (χ2n) is 3.92. The minimum Gasteiger partial charge on any atom is -0.481 e. The quantitative estimate of drug-likeness (QED) is 0.798. The first-order chi connectivity index (χ1) is 6.39. The number of aliphatic carboxylic acids is 1.